The van der Waals surface area contributed by atoms with E-state index in [1.807, 2.05) is 19.1 Å². The van der Waals surface area contributed by atoms with E-state index in [1.54, 1.807) is 0 Å². The molecule has 68 valence electrons. The summed E-state index contributed by atoms with van der Waals surface area (Å²) in [7, 11) is 0. The van der Waals surface area contributed by atoms with Crippen LogP contribution in [0.1, 0.15) is 34.8 Å². The second-order valence-electron chi connectivity index (χ2n) is 3.90. The van der Waals surface area contributed by atoms with E-state index in [0.717, 1.165) is 18.4 Å². The molecule has 0 heterocycles. The van der Waals surface area contributed by atoms with Crippen LogP contribution in [0.4, 0.5) is 0 Å². The van der Waals surface area contributed by atoms with E-state index in [0.29, 0.717) is 5.78 Å². The number of ketones is 1. The Kier molecular flexibility index (Phi) is 1.95. The highest BCUT2D eigenvalue weighted by Gasteiger charge is 2.24. The summed E-state index contributed by atoms with van der Waals surface area (Å²) in [6.45, 7) is 4.11. The van der Waals surface area contributed by atoms with Gasteiger partial charge >= 0.3 is 0 Å². The Bertz CT molecular complexity index is 352. The number of aryl methyl sites for hydroxylation is 1. The minimum absolute atomic E-state index is 0.217. The fourth-order valence-electron chi connectivity index (χ4n) is 2.02. The lowest BCUT2D eigenvalue weighted by atomic mass is 9.82. The van der Waals surface area contributed by atoms with E-state index < -0.39 is 0 Å². The standard InChI is InChI=1S/C12H14O/c1-8-4-3-5-11-10(8)7-6-9(2)12(11)13/h3-5,9H,6-7H2,1-2H3. The number of benzene rings is 1. The molecule has 1 aliphatic rings. The van der Waals surface area contributed by atoms with E-state index in [4.69, 9.17) is 0 Å². The van der Waals surface area contributed by atoms with Crippen LogP contribution in [0.25, 0.3) is 0 Å². The van der Waals surface area contributed by atoms with Crippen molar-refractivity contribution in [3.63, 3.8) is 0 Å². The molecule has 0 bridgehead atoms. The van der Waals surface area contributed by atoms with Gasteiger partial charge in [-0.1, -0.05) is 25.1 Å². The molecule has 0 N–H and O–H groups in total. The summed E-state index contributed by atoms with van der Waals surface area (Å²) >= 11 is 0. The summed E-state index contributed by atoms with van der Waals surface area (Å²) in [5, 5.41) is 0. The van der Waals surface area contributed by atoms with Crippen molar-refractivity contribution in [1.82, 2.24) is 0 Å². The van der Waals surface area contributed by atoms with Crippen LogP contribution in [0, 0.1) is 12.8 Å². The number of hydrogen-bond acceptors (Lipinski definition) is 1. The van der Waals surface area contributed by atoms with Crippen LogP contribution in [-0.2, 0) is 6.42 Å². The van der Waals surface area contributed by atoms with E-state index in [1.165, 1.54) is 11.1 Å². The number of rotatable bonds is 0. The van der Waals surface area contributed by atoms with E-state index >= 15 is 0 Å². The lowest BCUT2D eigenvalue weighted by molar-refractivity contribution is 0.0913. The first kappa shape index (κ1) is 8.49. The minimum atomic E-state index is 0.217. The van der Waals surface area contributed by atoms with Crippen molar-refractivity contribution in [3.05, 3.63) is 34.9 Å². The quantitative estimate of drug-likeness (QED) is 0.591. The fraction of sp³-hybridized carbons (Fsp3) is 0.417. The van der Waals surface area contributed by atoms with Gasteiger partial charge in [-0.2, -0.15) is 0 Å². The average molecular weight is 174 g/mol. The molecule has 13 heavy (non-hydrogen) atoms. The van der Waals surface area contributed by atoms with Crippen LogP contribution in [0.2, 0.25) is 0 Å². The molecule has 0 radical (unpaired) electrons. The monoisotopic (exact) mass is 174 g/mol. The van der Waals surface area contributed by atoms with Crippen molar-refractivity contribution >= 4 is 5.78 Å². The van der Waals surface area contributed by atoms with Crippen LogP contribution < -0.4 is 0 Å². The van der Waals surface area contributed by atoms with Gasteiger partial charge in [-0.05, 0) is 30.9 Å². The van der Waals surface area contributed by atoms with Gasteiger partial charge in [0, 0.05) is 11.5 Å². The average Bonchev–Trinajstić information content (AvgIpc) is 2.12. The van der Waals surface area contributed by atoms with E-state index in [9.17, 15) is 4.79 Å². The number of Topliss-reactive ketones (excluding diaryl/α,β-unsaturated/α-hetero) is 1. The molecule has 1 atom stereocenters. The maximum atomic E-state index is 11.8. The first-order chi connectivity index (χ1) is 6.20. The molecular formula is C12H14O. The van der Waals surface area contributed by atoms with Gasteiger partial charge in [-0.15, -0.1) is 0 Å². The molecule has 1 aromatic carbocycles. The molecule has 0 amide bonds. The SMILES string of the molecule is Cc1cccc2c1CCC(C)C2=O. The zero-order valence-electron chi connectivity index (χ0n) is 8.13. The normalized spacial score (nSPS) is 21.4. The number of fused-ring (bicyclic) bond motifs is 1. The van der Waals surface area contributed by atoms with Gasteiger partial charge < -0.3 is 0 Å². The molecule has 2 rings (SSSR count). The molecule has 0 saturated carbocycles. The Morgan fingerprint density at radius 2 is 2.15 bits per heavy atom. The molecule has 1 unspecified atom stereocenters. The maximum absolute atomic E-state index is 11.8. The molecular weight excluding hydrogens is 160 g/mol. The van der Waals surface area contributed by atoms with Crippen LogP contribution in [0.3, 0.4) is 0 Å². The maximum Gasteiger partial charge on any atom is 0.165 e. The second kappa shape index (κ2) is 2.99. The third kappa shape index (κ3) is 1.28. The summed E-state index contributed by atoms with van der Waals surface area (Å²) in [6, 6.07) is 6.02. The van der Waals surface area contributed by atoms with Crippen molar-refractivity contribution in [1.29, 1.82) is 0 Å². The minimum Gasteiger partial charge on any atom is -0.294 e. The van der Waals surface area contributed by atoms with Crippen LogP contribution in [-0.4, -0.2) is 5.78 Å². The third-order valence-electron chi connectivity index (χ3n) is 2.95. The van der Waals surface area contributed by atoms with Gasteiger partial charge in [0.2, 0.25) is 0 Å². The highest BCUT2D eigenvalue weighted by molar-refractivity contribution is 6.00. The van der Waals surface area contributed by atoms with Gasteiger partial charge in [0.05, 0.1) is 0 Å². The van der Waals surface area contributed by atoms with E-state index in [2.05, 4.69) is 13.0 Å². The smallest absolute Gasteiger partial charge is 0.165 e. The first-order valence-electron chi connectivity index (χ1n) is 4.83. The summed E-state index contributed by atoms with van der Waals surface area (Å²) in [4.78, 5) is 11.8. The zero-order chi connectivity index (χ0) is 9.42. The lowest BCUT2D eigenvalue weighted by Crippen LogP contribution is -2.20. The van der Waals surface area contributed by atoms with Crippen molar-refractivity contribution in [3.8, 4) is 0 Å². The Balaban J connectivity index is 2.55. The lowest BCUT2D eigenvalue weighted by Gasteiger charge is -2.21. The molecule has 1 nitrogen and oxygen atoms in total. The van der Waals surface area contributed by atoms with E-state index in [-0.39, 0.29) is 5.92 Å². The first-order valence-corrected chi connectivity index (χ1v) is 4.83. The Morgan fingerprint density at radius 1 is 1.38 bits per heavy atom. The van der Waals surface area contributed by atoms with Crippen LogP contribution in [0.15, 0.2) is 18.2 Å². The largest absolute Gasteiger partial charge is 0.294 e. The Morgan fingerprint density at radius 3 is 2.92 bits per heavy atom. The molecule has 1 aliphatic carbocycles. The number of carbonyl (C=O) groups excluding carboxylic acids is 1. The van der Waals surface area contributed by atoms with Gasteiger partial charge in [0.25, 0.3) is 0 Å². The van der Waals surface area contributed by atoms with Crippen molar-refractivity contribution in [2.45, 2.75) is 26.7 Å². The molecule has 1 aromatic rings. The van der Waals surface area contributed by atoms with Crippen molar-refractivity contribution in [2.24, 2.45) is 5.92 Å². The summed E-state index contributed by atoms with van der Waals surface area (Å²) < 4.78 is 0. The second-order valence-corrected chi connectivity index (χ2v) is 3.90. The Hall–Kier alpha value is -1.11. The molecule has 0 aliphatic heterocycles. The highest BCUT2D eigenvalue weighted by Crippen LogP contribution is 2.27. The van der Waals surface area contributed by atoms with Gasteiger partial charge in [0.1, 0.15) is 0 Å². The molecule has 1 heteroatoms. The van der Waals surface area contributed by atoms with Crippen molar-refractivity contribution in [2.75, 3.05) is 0 Å². The van der Waals surface area contributed by atoms with Crippen LogP contribution in [0.5, 0.6) is 0 Å². The fourth-order valence-corrected chi connectivity index (χ4v) is 2.02. The van der Waals surface area contributed by atoms with Crippen LogP contribution >= 0.6 is 0 Å². The molecule has 0 saturated heterocycles. The molecule has 0 fully saturated rings. The molecule has 0 aromatic heterocycles. The Labute approximate surface area is 78.8 Å². The van der Waals surface area contributed by atoms with Gasteiger partial charge in [0.15, 0.2) is 5.78 Å². The summed E-state index contributed by atoms with van der Waals surface area (Å²) in [6.07, 6.45) is 2.08. The third-order valence-corrected chi connectivity index (χ3v) is 2.95. The van der Waals surface area contributed by atoms with Gasteiger partial charge in [-0.25, -0.2) is 0 Å². The predicted octanol–water partition coefficient (Wildman–Crippen LogP) is 2.76. The topological polar surface area (TPSA) is 17.1 Å². The number of carbonyl (C=O) groups is 1. The summed E-state index contributed by atoms with van der Waals surface area (Å²) in [5.41, 5.74) is 3.49. The predicted molar refractivity (Wildman–Crippen MR) is 53.0 cm³/mol. The number of hydrogen-bond donors (Lipinski definition) is 0. The van der Waals surface area contributed by atoms with Gasteiger partial charge in [-0.3, -0.25) is 4.79 Å². The highest BCUT2D eigenvalue weighted by atomic mass is 16.1. The zero-order valence-corrected chi connectivity index (χ0v) is 8.13. The summed E-state index contributed by atoms with van der Waals surface area (Å²) in [5.74, 6) is 0.541. The van der Waals surface area contributed by atoms with Crippen molar-refractivity contribution < 1.29 is 4.79 Å². The molecule has 0 spiro atoms.